The molecule has 0 spiro atoms. The molecule has 1 atom stereocenters. The first-order chi connectivity index (χ1) is 9.70. The topological polar surface area (TPSA) is 48.0 Å². The normalized spacial score (nSPS) is 17.5. The van der Waals surface area contributed by atoms with Crippen LogP contribution in [0.5, 0.6) is 5.75 Å². The van der Waals surface area contributed by atoms with E-state index in [0.29, 0.717) is 11.3 Å². The van der Waals surface area contributed by atoms with Crippen LogP contribution in [-0.2, 0) is 9.47 Å². The van der Waals surface area contributed by atoms with Crippen molar-refractivity contribution in [3.63, 3.8) is 0 Å². The zero-order valence-electron chi connectivity index (χ0n) is 12.0. The molecular weight excluding hydrogens is 258 g/mol. The highest BCUT2D eigenvalue weighted by Crippen LogP contribution is 2.19. The number of carbonyl (C=O) groups excluding carboxylic acids is 1. The molecule has 0 radical (unpaired) electrons. The van der Waals surface area contributed by atoms with Crippen LogP contribution in [0.25, 0.3) is 0 Å². The molecule has 0 saturated carbocycles. The van der Waals surface area contributed by atoms with Gasteiger partial charge in [0.2, 0.25) is 0 Å². The van der Waals surface area contributed by atoms with Gasteiger partial charge < -0.3 is 14.2 Å². The van der Waals surface area contributed by atoms with Crippen molar-refractivity contribution in [3.05, 3.63) is 29.8 Å². The number of hydrogen-bond acceptors (Lipinski definition) is 5. The highest BCUT2D eigenvalue weighted by atomic mass is 16.5. The summed E-state index contributed by atoms with van der Waals surface area (Å²) in [6.45, 7) is 5.89. The van der Waals surface area contributed by atoms with Crippen LogP contribution >= 0.6 is 0 Å². The third-order valence-corrected chi connectivity index (χ3v) is 3.25. The minimum Gasteiger partial charge on any atom is -0.496 e. The van der Waals surface area contributed by atoms with Crippen molar-refractivity contribution in [1.29, 1.82) is 0 Å². The number of nitrogens with zero attached hydrogens (tertiary/aromatic N) is 1. The lowest BCUT2D eigenvalue weighted by Gasteiger charge is -2.28. The summed E-state index contributed by atoms with van der Waals surface area (Å²) in [5.74, 6) is 0.194. The molecule has 5 heteroatoms. The molecule has 1 aromatic rings. The quantitative estimate of drug-likeness (QED) is 0.766. The van der Waals surface area contributed by atoms with E-state index in [1.807, 2.05) is 13.0 Å². The Morgan fingerprint density at radius 3 is 2.75 bits per heavy atom. The van der Waals surface area contributed by atoms with E-state index in [1.54, 1.807) is 25.3 Å². The molecule has 0 bridgehead atoms. The van der Waals surface area contributed by atoms with E-state index in [1.165, 1.54) is 0 Å². The van der Waals surface area contributed by atoms with Gasteiger partial charge in [-0.15, -0.1) is 0 Å². The number of methoxy groups -OCH3 is 1. The average molecular weight is 279 g/mol. The van der Waals surface area contributed by atoms with E-state index in [0.717, 1.165) is 32.8 Å². The number of rotatable bonds is 5. The summed E-state index contributed by atoms with van der Waals surface area (Å²) in [6.07, 6.45) is -0.162. The molecule has 0 unspecified atom stereocenters. The van der Waals surface area contributed by atoms with Crippen molar-refractivity contribution in [2.45, 2.75) is 13.0 Å². The standard InChI is InChI=1S/C15H21NO4/c1-12(11-16-7-9-19-10-8-16)20-15(17)13-5-3-4-6-14(13)18-2/h3-6,12H,7-11H2,1-2H3/t12-/m1/s1. The van der Waals surface area contributed by atoms with E-state index in [4.69, 9.17) is 14.2 Å². The SMILES string of the molecule is COc1ccccc1C(=O)O[C@H](C)CN1CCOCC1. The first-order valence-electron chi connectivity index (χ1n) is 6.85. The second-order valence-corrected chi connectivity index (χ2v) is 4.83. The monoisotopic (exact) mass is 279 g/mol. The molecule has 1 saturated heterocycles. The second-order valence-electron chi connectivity index (χ2n) is 4.83. The van der Waals surface area contributed by atoms with Gasteiger partial charge in [-0.05, 0) is 19.1 Å². The Bertz CT molecular complexity index is 443. The third kappa shape index (κ3) is 3.95. The fourth-order valence-corrected chi connectivity index (χ4v) is 2.24. The summed E-state index contributed by atoms with van der Waals surface area (Å²) in [4.78, 5) is 14.4. The first kappa shape index (κ1) is 14.8. The molecule has 5 nitrogen and oxygen atoms in total. The van der Waals surface area contributed by atoms with Crippen LogP contribution in [0.1, 0.15) is 17.3 Å². The molecule has 0 amide bonds. The molecule has 0 N–H and O–H groups in total. The summed E-state index contributed by atoms with van der Waals surface area (Å²) in [5.41, 5.74) is 0.462. The van der Waals surface area contributed by atoms with E-state index < -0.39 is 0 Å². The summed E-state index contributed by atoms with van der Waals surface area (Å²) >= 11 is 0. The fraction of sp³-hybridized carbons (Fsp3) is 0.533. The Morgan fingerprint density at radius 2 is 2.05 bits per heavy atom. The molecule has 1 aromatic carbocycles. The highest BCUT2D eigenvalue weighted by molar-refractivity contribution is 5.92. The van der Waals surface area contributed by atoms with Gasteiger partial charge in [0, 0.05) is 19.6 Å². The smallest absolute Gasteiger partial charge is 0.342 e. The maximum atomic E-state index is 12.1. The number of ether oxygens (including phenoxy) is 3. The van der Waals surface area contributed by atoms with Gasteiger partial charge in [-0.2, -0.15) is 0 Å². The second kappa shape index (κ2) is 7.26. The van der Waals surface area contributed by atoms with E-state index in [-0.39, 0.29) is 12.1 Å². The number of morpholine rings is 1. The van der Waals surface area contributed by atoms with Crippen LogP contribution in [0.3, 0.4) is 0 Å². The lowest BCUT2D eigenvalue weighted by atomic mass is 10.2. The molecule has 1 aliphatic heterocycles. The van der Waals surface area contributed by atoms with Crippen LogP contribution in [-0.4, -0.2) is 56.9 Å². The lowest BCUT2D eigenvalue weighted by molar-refractivity contribution is 0.000304. The minimum atomic E-state index is -0.344. The molecular formula is C15H21NO4. The number of para-hydroxylation sites is 1. The summed E-state index contributed by atoms with van der Waals surface area (Å²) in [6, 6.07) is 7.09. The van der Waals surface area contributed by atoms with E-state index in [2.05, 4.69) is 4.90 Å². The van der Waals surface area contributed by atoms with Crippen molar-refractivity contribution in [2.75, 3.05) is 40.0 Å². The highest BCUT2D eigenvalue weighted by Gasteiger charge is 2.19. The van der Waals surface area contributed by atoms with Crippen molar-refractivity contribution in [2.24, 2.45) is 0 Å². The Hall–Kier alpha value is -1.59. The Labute approximate surface area is 119 Å². The van der Waals surface area contributed by atoms with Gasteiger partial charge in [0.05, 0.1) is 20.3 Å². The van der Waals surface area contributed by atoms with Crippen molar-refractivity contribution in [3.8, 4) is 5.75 Å². The van der Waals surface area contributed by atoms with Crippen molar-refractivity contribution in [1.82, 2.24) is 4.90 Å². The first-order valence-corrected chi connectivity index (χ1v) is 6.85. The molecule has 20 heavy (non-hydrogen) atoms. The molecule has 1 heterocycles. The molecule has 2 rings (SSSR count). The van der Waals surface area contributed by atoms with Crippen LogP contribution in [0.4, 0.5) is 0 Å². The fourth-order valence-electron chi connectivity index (χ4n) is 2.24. The van der Waals surface area contributed by atoms with Gasteiger partial charge in [0.1, 0.15) is 17.4 Å². The summed E-state index contributed by atoms with van der Waals surface area (Å²) in [5, 5.41) is 0. The van der Waals surface area contributed by atoms with Gasteiger partial charge in [0.25, 0.3) is 0 Å². The molecule has 0 aromatic heterocycles. The molecule has 110 valence electrons. The Balaban J connectivity index is 1.89. The zero-order chi connectivity index (χ0) is 14.4. The molecule has 0 aliphatic carbocycles. The van der Waals surface area contributed by atoms with Gasteiger partial charge in [-0.1, -0.05) is 12.1 Å². The number of benzene rings is 1. The number of esters is 1. The van der Waals surface area contributed by atoms with Gasteiger partial charge in [-0.25, -0.2) is 4.79 Å². The zero-order valence-corrected chi connectivity index (χ0v) is 12.0. The van der Waals surface area contributed by atoms with Crippen molar-refractivity contribution < 1.29 is 19.0 Å². The van der Waals surface area contributed by atoms with Gasteiger partial charge >= 0.3 is 5.97 Å². The molecule has 1 aliphatic rings. The predicted octanol–water partition coefficient (Wildman–Crippen LogP) is 1.57. The van der Waals surface area contributed by atoms with Crippen LogP contribution < -0.4 is 4.74 Å². The number of carbonyl (C=O) groups is 1. The van der Waals surface area contributed by atoms with Crippen LogP contribution in [0.2, 0.25) is 0 Å². The predicted molar refractivity (Wildman–Crippen MR) is 75.1 cm³/mol. The summed E-state index contributed by atoms with van der Waals surface area (Å²) in [7, 11) is 1.54. The molecule has 1 fully saturated rings. The number of hydrogen-bond donors (Lipinski definition) is 0. The Kier molecular flexibility index (Phi) is 5.38. The largest absolute Gasteiger partial charge is 0.496 e. The van der Waals surface area contributed by atoms with Gasteiger partial charge in [-0.3, -0.25) is 4.90 Å². The minimum absolute atomic E-state index is 0.162. The lowest BCUT2D eigenvalue weighted by Crippen LogP contribution is -2.41. The van der Waals surface area contributed by atoms with E-state index in [9.17, 15) is 4.79 Å². The van der Waals surface area contributed by atoms with Crippen LogP contribution in [0.15, 0.2) is 24.3 Å². The van der Waals surface area contributed by atoms with Crippen LogP contribution in [0, 0.1) is 0 Å². The van der Waals surface area contributed by atoms with E-state index >= 15 is 0 Å². The maximum absolute atomic E-state index is 12.1. The average Bonchev–Trinajstić information content (AvgIpc) is 2.48. The van der Waals surface area contributed by atoms with Gasteiger partial charge in [0.15, 0.2) is 0 Å². The third-order valence-electron chi connectivity index (χ3n) is 3.25. The maximum Gasteiger partial charge on any atom is 0.342 e. The summed E-state index contributed by atoms with van der Waals surface area (Å²) < 4.78 is 15.9. The Morgan fingerprint density at radius 1 is 1.35 bits per heavy atom. The van der Waals surface area contributed by atoms with Crippen molar-refractivity contribution >= 4 is 5.97 Å².